The van der Waals surface area contributed by atoms with E-state index in [1.807, 2.05) is 19.9 Å². The monoisotopic (exact) mass is 277 g/mol. The van der Waals surface area contributed by atoms with Crippen molar-refractivity contribution in [3.05, 3.63) is 23.8 Å². The van der Waals surface area contributed by atoms with Crippen LogP contribution in [0.1, 0.15) is 37.0 Å². The number of amides is 1. The molecule has 1 heterocycles. The summed E-state index contributed by atoms with van der Waals surface area (Å²) in [5.74, 6) is -0.0854. The number of carbonyl (C=O) groups is 1. The minimum absolute atomic E-state index is 0.0854. The molecule has 0 unspecified atom stereocenters. The summed E-state index contributed by atoms with van der Waals surface area (Å²) in [6.07, 6.45) is 1.41. The van der Waals surface area contributed by atoms with Crippen LogP contribution in [0.15, 0.2) is 18.2 Å². The summed E-state index contributed by atoms with van der Waals surface area (Å²) < 4.78 is 0. The van der Waals surface area contributed by atoms with Crippen molar-refractivity contribution in [3.8, 4) is 0 Å². The molecule has 0 bridgehead atoms. The Hall–Kier alpha value is -1.75. The molecule has 0 radical (unpaired) electrons. The fraction of sp³-hybridized carbons (Fsp3) is 0.533. The molecule has 4 N–H and O–H groups in total. The number of nitrogens with zero attached hydrogens (tertiary/aromatic N) is 1. The molecule has 1 fully saturated rings. The molecule has 1 saturated heterocycles. The van der Waals surface area contributed by atoms with E-state index in [2.05, 4.69) is 10.2 Å². The molecule has 2 rings (SSSR count). The number of hydrogen-bond donors (Lipinski definition) is 3. The first-order chi connectivity index (χ1) is 9.43. The molecule has 0 aromatic heterocycles. The van der Waals surface area contributed by atoms with E-state index in [1.54, 1.807) is 12.1 Å². The lowest BCUT2D eigenvalue weighted by atomic mass is 9.93. The summed E-state index contributed by atoms with van der Waals surface area (Å²) in [7, 11) is 0. The van der Waals surface area contributed by atoms with Crippen LogP contribution in [0.5, 0.6) is 0 Å². The van der Waals surface area contributed by atoms with Crippen molar-refractivity contribution in [3.63, 3.8) is 0 Å². The van der Waals surface area contributed by atoms with E-state index in [0.29, 0.717) is 30.6 Å². The maximum Gasteiger partial charge on any atom is 0.251 e. The van der Waals surface area contributed by atoms with E-state index in [9.17, 15) is 9.90 Å². The molecule has 1 aliphatic heterocycles. The van der Waals surface area contributed by atoms with Gasteiger partial charge in [0.15, 0.2) is 0 Å². The Morgan fingerprint density at radius 3 is 2.70 bits per heavy atom. The first-order valence-corrected chi connectivity index (χ1v) is 7.08. The van der Waals surface area contributed by atoms with Crippen LogP contribution in [0.2, 0.25) is 0 Å². The number of nitrogen functional groups attached to an aromatic ring is 1. The topological polar surface area (TPSA) is 78.6 Å². The van der Waals surface area contributed by atoms with Crippen LogP contribution in [0.4, 0.5) is 11.4 Å². The largest absolute Gasteiger partial charge is 0.397 e. The van der Waals surface area contributed by atoms with Gasteiger partial charge in [-0.3, -0.25) is 4.79 Å². The third-order valence-electron chi connectivity index (χ3n) is 3.81. The Labute approximate surface area is 119 Å². The number of rotatable bonds is 3. The smallest absolute Gasteiger partial charge is 0.251 e. The number of carbonyl (C=O) groups excluding carboxylic acids is 1. The van der Waals surface area contributed by atoms with Gasteiger partial charge in [0.25, 0.3) is 5.91 Å². The lowest BCUT2D eigenvalue weighted by Gasteiger charge is -2.37. The van der Waals surface area contributed by atoms with Crippen LogP contribution >= 0.6 is 0 Å². The Morgan fingerprint density at radius 2 is 2.10 bits per heavy atom. The summed E-state index contributed by atoms with van der Waals surface area (Å²) in [4.78, 5) is 14.0. The van der Waals surface area contributed by atoms with Crippen LogP contribution < -0.4 is 16.0 Å². The highest BCUT2D eigenvalue weighted by Gasteiger charge is 2.28. The minimum Gasteiger partial charge on any atom is -0.397 e. The minimum atomic E-state index is -0.595. The second kappa shape index (κ2) is 5.71. The van der Waals surface area contributed by atoms with Crippen molar-refractivity contribution in [2.45, 2.75) is 32.3 Å². The highest BCUT2D eigenvalue weighted by Crippen LogP contribution is 2.30. The molecule has 1 aromatic rings. The third kappa shape index (κ3) is 3.22. The molecule has 110 valence electrons. The van der Waals surface area contributed by atoms with Gasteiger partial charge in [0.1, 0.15) is 0 Å². The number of benzene rings is 1. The Balaban J connectivity index is 2.19. The van der Waals surface area contributed by atoms with Gasteiger partial charge in [0, 0.05) is 25.2 Å². The molecule has 5 nitrogen and oxygen atoms in total. The third-order valence-corrected chi connectivity index (χ3v) is 3.81. The normalized spacial score (nSPS) is 17.9. The molecule has 0 spiro atoms. The van der Waals surface area contributed by atoms with Crippen LogP contribution in [-0.4, -0.2) is 36.2 Å². The van der Waals surface area contributed by atoms with E-state index in [0.717, 1.165) is 18.8 Å². The average Bonchev–Trinajstić information content (AvgIpc) is 2.40. The first-order valence-electron chi connectivity index (χ1n) is 7.08. The van der Waals surface area contributed by atoms with Crippen molar-refractivity contribution in [1.29, 1.82) is 0 Å². The van der Waals surface area contributed by atoms with Crippen LogP contribution in [0, 0.1) is 0 Å². The Kier molecular flexibility index (Phi) is 4.18. The highest BCUT2D eigenvalue weighted by atomic mass is 16.3. The summed E-state index contributed by atoms with van der Waals surface area (Å²) in [5, 5.41) is 12.8. The van der Waals surface area contributed by atoms with Gasteiger partial charge in [-0.15, -0.1) is 0 Å². The fourth-order valence-electron chi connectivity index (χ4n) is 2.45. The zero-order valence-electron chi connectivity index (χ0n) is 12.1. The van der Waals surface area contributed by atoms with Gasteiger partial charge in [-0.25, -0.2) is 0 Å². The summed E-state index contributed by atoms with van der Waals surface area (Å²) in [6, 6.07) is 5.34. The van der Waals surface area contributed by atoms with Crippen LogP contribution in [0.3, 0.4) is 0 Å². The van der Waals surface area contributed by atoms with Gasteiger partial charge in [-0.2, -0.15) is 0 Å². The number of piperidine rings is 1. The van der Waals surface area contributed by atoms with E-state index >= 15 is 0 Å². The fourth-order valence-corrected chi connectivity index (χ4v) is 2.45. The summed E-state index contributed by atoms with van der Waals surface area (Å²) in [6.45, 7) is 5.85. The lowest BCUT2D eigenvalue weighted by molar-refractivity contribution is 0.0351. The van der Waals surface area contributed by atoms with E-state index in [-0.39, 0.29) is 5.91 Å². The van der Waals surface area contributed by atoms with Crippen molar-refractivity contribution in [2.75, 3.05) is 30.3 Å². The quantitative estimate of drug-likeness (QED) is 0.729. The van der Waals surface area contributed by atoms with Gasteiger partial charge in [0.2, 0.25) is 0 Å². The Bertz CT molecular complexity index is 490. The molecular formula is C15H23N3O2. The number of anilines is 2. The second-order valence-corrected chi connectivity index (χ2v) is 5.62. The maximum atomic E-state index is 11.9. The predicted octanol–water partition coefficient (Wildman–Crippen LogP) is 1.37. The van der Waals surface area contributed by atoms with E-state index in [4.69, 9.17) is 5.73 Å². The summed E-state index contributed by atoms with van der Waals surface area (Å²) in [5.41, 5.74) is 7.60. The number of nitrogens with one attached hydrogen (secondary N) is 1. The standard InChI is InChI=1S/C15H23N3O2/c1-3-17-14(19)11-4-5-12(16)13(10-11)18-8-6-15(2,20)7-9-18/h4-5,10,20H,3,6-9,16H2,1-2H3,(H,17,19). The van der Waals surface area contributed by atoms with E-state index < -0.39 is 5.60 Å². The maximum absolute atomic E-state index is 11.9. The number of aliphatic hydroxyl groups is 1. The van der Waals surface area contributed by atoms with Crippen molar-refractivity contribution in [2.24, 2.45) is 0 Å². The molecule has 1 aromatic carbocycles. The zero-order valence-corrected chi connectivity index (χ0v) is 12.1. The molecule has 0 atom stereocenters. The van der Waals surface area contributed by atoms with Gasteiger partial charge in [-0.05, 0) is 44.9 Å². The van der Waals surface area contributed by atoms with Gasteiger partial charge < -0.3 is 21.1 Å². The van der Waals surface area contributed by atoms with Gasteiger partial charge >= 0.3 is 0 Å². The molecule has 5 heteroatoms. The second-order valence-electron chi connectivity index (χ2n) is 5.62. The number of hydrogen-bond acceptors (Lipinski definition) is 4. The Morgan fingerprint density at radius 1 is 1.45 bits per heavy atom. The molecule has 1 amide bonds. The van der Waals surface area contributed by atoms with Crippen molar-refractivity contribution < 1.29 is 9.90 Å². The average molecular weight is 277 g/mol. The molecule has 0 aliphatic carbocycles. The highest BCUT2D eigenvalue weighted by molar-refractivity contribution is 5.96. The zero-order chi connectivity index (χ0) is 14.8. The van der Waals surface area contributed by atoms with Gasteiger partial charge in [-0.1, -0.05) is 0 Å². The van der Waals surface area contributed by atoms with Crippen LogP contribution in [-0.2, 0) is 0 Å². The van der Waals surface area contributed by atoms with Crippen molar-refractivity contribution in [1.82, 2.24) is 5.32 Å². The lowest BCUT2D eigenvalue weighted by Crippen LogP contribution is -2.42. The van der Waals surface area contributed by atoms with Gasteiger partial charge in [0.05, 0.1) is 17.0 Å². The SMILES string of the molecule is CCNC(=O)c1ccc(N)c(N2CCC(C)(O)CC2)c1. The predicted molar refractivity (Wildman–Crippen MR) is 80.9 cm³/mol. The molecule has 0 saturated carbocycles. The first kappa shape index (κ1) is 14.7. The number of nitrogens with two attached hydrogens (primary N) is 1. The van der Waals surface area contributed by atoms with Crippen molar-refractivity contribution >= 4 is 17.3 Å². The summed E-state index contributed by atoms with van der Waals surface area (Å²) >= 11 is 0. The molecule has 20 heavy (non-hydrogen) atoms. The van der Waals surface area contributed by atoms with E-state index in [1.165, 1.54) is 0 Å². The molecular weight excluding hydrogens is 254 g/mol. The van der Waals surface area contributed by atoms with Crippen LogP contribution in [0.25, 0.3) is 0 Å². The molecule has 1 aliphatic rings.